The van der Waals surface area contributed by atoms with E-state index in [1.54, 1.807) is 37.3 Å². The summed E-state index contributed by atoms with van der Waals surface area (Å²) in [6.45, 7) is 5.49. The van der Waals surface area contributed by atoms with Crippen LogP contribution in [0.25, 0.3) is 0 Å². The maximum Gasteiger partial charge on any atom is 0.262 e. The molecule has 0 bridgehead atoms. The number of aryl methyl sites for hydroxylation is 3. The molecule has 0 heterocycles. The van der Waals surface area contributed by atoms with Crippen molar-refractivity contribution >= 4 is 43.2 Å². The molecule has 7 heteroatoms. The Morgan fingerprint density at radius 1 is 0.862 bits per heavy atom. The SMILES string of the molecule is Cc1ccc(NS(=O)(=O)c2cc(C(=O)Nc3ccccc3Br)ccc2C)c(C)c1. The number of halogens is 1. The molecule has 0 radical (unpaired) electrons. The van der Waals surface area contributed by atoms with E-state index in [1.807, 2.05) is 38.1 Å². The number of carbonyl (C=O) groups is 1. The molecule has 3 aromatic carbocycles. The first-order valence-electron chi connectivity index (χ1n) is 8.94. The predicted octanol–water partition coefficient (Wildman–Crippen LogP) is 5.43. The number of hydrogen-bond donors (Lipinski definition) is 2. The normalized spacial score (nSPS) is 11.2. The maximum atomic E-state index is 13.0. The molecule has 0 aromatic heterocycles. The van der Waals surface area contributed by atoms with Gasteiger partial charge in [0.1, 0.15) is 0 Å². The van der Waals surface area contributed by atoms with E-state index in [9.17, 15) is 13.2 Å². The van der Waals surface area contributed by atoms with Crippen LogP contribution in [-0.2, 0) is 10.0 Å². The standard InChI is InChI=1S/C22H21BrN2O3S/c1-14-8-11-19(16(3)12-14)25-29(27,28)21-13-17(10-9-15(21)2)22(26)24-20-7-5-4-6-18(20)23/h4-13,25H,1-3H3,(H,24,26). The largest absolute Gasteiger partial charge is 0.321 e. The van der Waals surface area contributed by atoms with Crippen LogP contribution in [0, 0.1) is 20.8 Å². The van der Waals surface area contributed by atoms with Crippen LogP contribution < -0.4 is 10.0 Å². The molecule has 0 aliphatic rings. The topological polar surface area (TPSA) is 75.3 Å². The van der Waals surface area contributed by atoms with Gasteiger partial charge in [0, 0.05) is 10.0 Å². The summed E-state index contributed by atoms with van der Waals surface area (Å²) in [4.78, 5) is 12.7. The molecule has 0 aliphatic carbocycles. The fourth-order valence-corrected chi connectivity index (χ4v) is 4.70. The quantitative estimate of drug-likeness (QED) is 0.519. The second-order valence-electron chi connectivity index (χ2n) is 6.84. The summed E-state index contributed by atoms with van der Waals surface area (Å²) in [5.74, 6) is -0.389. The first-order chi connectivity index (χ1) is 13.7. The molecule has 0 saturated heterocycles. The Kier molecular flexibility index (Phi) is 6.10. The Hall–Kier alpha value is -2.64. The molecule has 0 fully saturated rings. The maximum absolute atomic E-state index is 13.0. The highest BCUT2D eigenvalue weighted by Gasteiger charge is 2.20. The summed E-state index contributed by atoms with van der Waals surface area (Å²) in [7, 11) is -3.86. The number of rotatable bonds is 5. The fraction of sp³-hybridized carbons (Fsp3) is 0.136. The molecular formula is C22H21BrN2O3S. The third-order valence-electron chi connectivity index (χ3n) is 4.49. The molecule has 150 valence electrons. The lowest BCUT2D eigenvalue weighted by Crippen LogP contribution is -2.17. The van der Waals surface area contributed by atoms with Gasteiger partial charge in [0.2, 0.25) is 0 Å². The second kappa shape index (κ2) is 8.39. The molecule has 0 spiro atoms. The van der Waals surface area contributed by atoms with Gasteiger partial charge in [-0.15, -0.1) is 0 Å². The highest BCUT2D eigenvalue weighted by molar-refractivity contribution is 9.10. The Bertz CT molecular complexity index is 1190. The smallest absolute Gasteiger partial charge is 0.262 e. The molecule has 1 amide bonds. The zero-order valence-electron chi connectivity index (χ0n) is 16.3. The van der Waals surface area contributed by atoms with E-state index in [-0.39, 0.29) is 16.4 Å². The van der Waals surface area contributed by atoms with Crippen molar-refractivity contribution in [3.05, 3.63) is 87.4 Å². The molecular weight excluding hydrogens is 452 g/mol. The summed E-state index contributed by atoms with van der Waals surface area (Å²) in [5, 5.41) is 2.79. The summed E-state index contributed by atoms with van der Waals surface area (Å²) < 4.78 is 29.4. The average molecular weight is 473 g/mol. The molecule has 0 atom stereocenters. The molecule has 29 heavy (non-hydrogen) atoms. The van der Waals surface area contributed by atoms with Gasteiger partial charge in [-0.2, -0.15) is 0 Å². The van der Waals surface area contributed by atoms with E-state index in [4.69, 9.17) is 0 Å². The van der Waals surface area contributed by atoms with Crippen LogP contribution in [0.5, 0.6) is 0 Å². The van der Waals surface area contributed by atoms with E-state index in [2.05, 4.69) is 26.0 Å². The van der Waals surface area contributed by atoms with E-state index in [1.165, 1.54) is 6.07 Å². The highest BCUT2D eigenvalue weighted by Crippen LogP contribution is 2.25. The molecule has 3 rings (SSSR count). The van der Waals surface area contributed by atoms with Crippen LogP contribution in [0.4, 0.5) is 11.4 Å². The number of sulfonamides is 1. The fourth-order valence-electron chi connectivity index (χ4n) is 2.92. The summed E-state index contributed by atoms with van der Waals surface area (Å²) >= 11 is 3.38. The number of amides is 1. The first kappa shape index (κ1) is 21.1. The van der Waals surface area contributed by atoms with Crippen molar-refractivity contribution in [2.75, 3.05) is 10.0 Å². The number of hydrogen-bond acceptors (Lipinski definition) is 3. The van der Waals surface area contributed by atoms with Crippen LogP contribution in [0.2, 0.25) is 0 Å². The summed E-state index contributed by atoms with van der Waals surface area (Å²) in [5.41, 5.74) is 3.81. The van der Waals surface area contributed by atoms with Crippen molar-refractivity contribution in [1.82, 2.24) is 0 Å². The monoisotopic (exact) mass is 472 g/mol. The number of para-hydroxylation sites is 1. The zero-order valence-corrected chi connectivity index (χ0v) is 18.7. The molecule has 5 nitrogen and oxygen atoms in total. The lowest BCUT2D eigenvalue weighted by atomic mass is 10.1. The predicted molar refractivity (Wildman–Crippen MR) is 120 cm³/mol. The molecule has 0 unspecified atom stereocenters. The first-order valence-corrected chi connectivity index (χ1v) is 11.2. The van der Waals surface area contributed by atoms with E-state index < -0.39 is 10.0 Å². The van der Waals surface area contributed by atoms with E-state index in [0.29, 0.717) is 16.9 Å². The summed E-state index contributed by atoms with van der Waals surface area (Å²) in [6.07, 6.45) is 0. The van der Waals surface area contributed by atoms with Crippen molar-refractivity contribution < 1.29 is 13.2 Å². The van der Waals surface area contributed by atoms with Crippen LogP contribution >= 0.6 is 15.9 Å². The lowest BCUT2D eigenvalue weighted by molar-refractivity contribution is 0.102. The average Bonchev–Trinajstić information content (AvgIpc) is 2.66. The summed E-state index contributed by atoms with van der Waals surface area (Å²) in [6, 6.07) is 17.3. The van der Waals surface area contributed by atoms with Crippen molar-refractivity contribution in [3.8, 4) is 0 Å². The highest BCUT2D eigenvalue weighted by atomic mass is 79.9. The Morgan fingerprint density at radius 3 is 2.28 bits per heavy atom. The van der Waals surface area contributed by atoms with Gasteiger partial charge in [-0.1, -0.05) is 35.9 Å². The van der Waals surface area contributed by atoms with Gasteiger partial charge >= 0.3 is 0 Å². The van der Waals surface area contributed by atoms with Crippen molar-refractivity contribution in [2.24, 2.45) is 0 Å². The minimum absolute atomic E-state index is 0.0669. The van der Waals surface area contributed by atoms with Gasteiger partial charge in [-0.3, -0.25) is 9.52 Å². The van der Waals surface area contributed by atoms with Crippen molar-refractivity contribution in [3.63, 3.8) is 0 Å². The van der Waals surface area contributed by atoms with Crippen LogP contribution in [0.1, 0.15) is 27.0 Å². The van der Waals surface area contributed by atoms with Gasteiger partial charge < -0.3 is 5.32 Å². The minimum Gasteiger partial charge on any atom is -0.321 e. The third-order valence-corrected chi connectivity index (χ3v) is 6.69. The van der Waals surface area contributed by atoms with Crippen LogP contribution in [0.3, 0.4) is 0 Å². The second-order valence-corrected chi connectivity index (χ2v) is 9.34. The number of benzene rings is 3. The number of carbonyl (C=O) groups excluding carboxylic acids is 1. The van der Waals surface area contributed by atoms with Crippen molar-refractivity contribution in [2.45, 2.75) is 25.7 Å². The molecule has 0 aliphatic heterocycles. The third kappa shape index (κ3) is 4.86. The van der Waals surface area contributed by atoms with Gasteiger partial charge in [0.25, 0.3) is 15.9 Å². The van der Waals surface area contributed by atoms with E-state index >= 15 is 0 Å². The zero-order chi connectivity index (χ0) is 21.2. The molecule has 3 aromatic rings. The Morgan fingerprint density at radius 2 is 1.59 bits per heavy atom. The van der Waals surface area contributed by atoms with Crippen LogP contribution in [-0.4, -0.2) is 14.3 Å². The van der Waals surface area contributed by atoms with Gasteiger partial charge in [0.05, 0.1) is 16.3 Å². The minimum atomic E-state index is -3.86. The number of anilines is 2. The van der Waals surface area contributed by atoms with Crippen LogP contribution in [0.15, 0.2) is 70.0 Å². The van der Waals surface area contributed by atoms with Gasteiger partial charge in [0.15, 0.2) is 0 Å². The lowest BCUT2D eigenvalue weighted by Gasteiger charge is -2.14. The molecule has 0 saturated carbocycles. The Labute approximate surface area is 179 Å². The molecule has 2 N–H and O–H groups in total. The van der Waals surface area contributed by atoms with Crippen molar-refractivity contribution in [1.29, 1.82) is 0 Å². The van der Waals surface area contributed by atoms with E-state index in [0.717, 1.165) is 15.6 Å². The van der Waals surface area contributed by atoms with Gasteiger partial charge in [-0.25, -0.2) is 8.42 Å². The Balaban J connectivity index is 1.91. The van der Waals surface area contributed by atoms with Gasteiger partial charge in [-0.05, 0) is 78.2 Å². The number of nitrogens with one attached hydrogen (secondary N) is 2.